The van der Waals surface area contributed by atoms with E-state index in [1.807, 2.05) is 0 Å². The van der Waals surface area contributed by atoms with Gasteiger partial charge in [-0.25, -0.2) is 4.79 Å². The highest BCUT2D eigenvalue weighted by Crippen LogP contribution is 2.32. The number of hydrogen-bond donors (Lipinski definition) is 7. The summed E-state index contributed by atoms with van der Waals surface area (Å²) in [5.74, 6) is -2.72. The molecular formula is C38H54N2O11. The fourth-order valence-corrected chi connectivity index (χ4v) is 5.77. The molecule has 6 atom stereocenters. The van der Waals surface area contributed by atoms with Crippen LogP contribution >= 0.6 is 0 Å². The Morgan fingerprint density at radius 2 is 1.63 bits per heavy atom. The predicted octanol–water partition coefficient (Wildman–Crippen LogP) is 4.34. The van der Waals surface area contributed by atoms with E-state index in [-0.39, 0.29) is 5.75 Å². The molecule has 1 aliphatic rings. The number of ether oxygens (including phenoxy) is 3. The maximum Gasteiger partial charge on any atom is 0.331 e. The Hall–Kier alpha value is -4.17. The maximum absolute atomic E-state index is 13.6. The molecule has 2 aromatic rings. The van der Waals surface area contributed by atoms with Gasteiger partial charge in [0, 0.05) is 24.6 Å². The van der Waals surface area contributed by atoms with Gasteiger partial charge in [-0.15, -0.1) is 0 Å². The van der Waals surface area contributed by atoms with Crippen molar-refractivity contribution < 1.29 is 54.1 Å². The van der Waals surface area contributed by atoms with E-state index in [0.717, 1.165) is 18.9 Å². The molecule has 0 unspecified atom stereocenters. The minimum absolute atomic E-state index is 0.344. The molecule has 3 rings (SSSR count). The lowest BCUT2D eigenvalue weighted by Crippen LogP contribution is -2.63. The molecule has 0 radical (unpaired) electrons. The van der Waals surface area contributed by atoms with Crippen LogP contribution < -0.4 is 15.4 Å². The molecule has 2 aromatic carbocycles. The number of phenols is 2. The predicted molar refractivity (Wildman–Crippen MR) is 191 cm³/mol. The largest absolute Gasteiger partial charge is 0.504 e. The quantitative estimate of drug-likeness (QED) is 0.0532. The molecule has 0 aliphatic heterocycles. The van der Waals surface area contributed by atoms with Crippen LogP contribution in [0.1, 0.15) is 91.5 Å². The summed E-state index contributed by atoms with van der Waals surface area (Å²) in [6.45, 7) is 9.73. The van der Waals surface area contributed by atoms with Crippen LogP contribution in [-0.4, -0.2) is 91.6 Å². The summed E-state index contributed by atoms with van der Waals surface area (Å²) < 4.78 is 17.1. The summed E-state index contributed by atoms with van der Waals surface area (Å²) >= 11 is 0. The Labute approximate surface area is 299 Å². The summed E-state index contributed by atoms with van der Waals surface area (Å²) in [5.41, 5.74) is -2.26. The molecule has 13 nitrogen and oxygen atoms in total. The van der Waals surface area contributed by atoms with E-state index < -0.39 is 78.0 Å². The van der Waals surface area contributed by atoms with Gasteiger partial charge in [0.25, 0.3) is 5.91 Å². The zero-order chi connectivity index (χ0) is 37.8. The standard InChI is InChI=1S/C38H54N2O11/c1-6-7-8-9-10-11-20-49-27-16-14-26(15-17-27)39-35(46)33(24(2)51-37(3,4)5)40-36(47)38(48)22-30(43)34(45)31(23-38)50-32(44)19-13-25-12-18-28(41)29(42)21-25/h12-19,21,24,30-31,33-34,41-43,45,48H,6-11,20,22-23H2,1-5H3,(H,39,46)(H,40,47)/b19-13+/t24-,30-,31-,33+,34-,38+/m1/s1. The Morgan fingerprint density at radius 1 is 0.961 bits per heavy atom. The first kappa shape index (κ1) is 41.3. The summed E-state index contributed by atoms with van der Waals surface area (Å²) in [5, 5.41) is 57.1. The number of benzene rings is 2. The van der Waals surface area contributed by atoms with Gasteiger partial charge >= 0.3 is 5.97 Å². The molecule has 282 valence electrons. The second-order valence-corrected chi connectivity index (χ2v) is 14.1. The van der Waals surface area contributed by atoms with Gasteiger partial charge in [-0.1, -0.05) is 45.1 Å². The molecule has 51 heavy (non-hydrogen) atoms. The van der Waals surface area contributed by atoms with Crippen molar-refractivity contribution in [3.05, 3.63) is 54.1 Å². The van der Waals surface area contributed by atoms with Crippen LogP contribution in [0, 0.1) is 0 Å². The van der Waals surface area contributed by atoms with Crippen LogP contribution in [0.15, 0.2) is 48.5 Å². The zero-order valence-corrected chi connectivity index (χ0v) is 30.1. The van der Waals surface area contributed by atoms with E-state index in [9.17, 15) is 39.9 Å². The maximum atomic E-state index is 13.6. The number of amides is 2. The molecule has 13 heteroatoms. The van der Waals surface area contributed by atoms with Crippen LogP contribution in [0.2, 0.25) is 0 Å². The van der Waals surface area contributed by atoms with Gasteiger partial charge < -0.3 is 50.4 Å². The van der Waals surface area contributed by atoms with Gasteiger partial charge in [-0.05, 0) is 82.2 Å². The number of rotatable bonds is 17. The Balaban J connectivity index is 1.67. The SMILES string of the molecule is CCCCCCCCOc1ccc(NC(=O)[C@@H](NC(=O)[C@]2(O)C[C@@H](O)[C@@H](O)[C@H](OC(=O)/C=C/c3ccc(O)c(O)c3)C2)[C@@H](C)OC(C)(C)C)cc1. The van der Waals surface area contributed by atoms with Crippen molar-refractivity contribution in [2.24, 2.45) is 0 Å². The lowest BCUT2D eigenvalue weighted by molar-refractivity contribution is -0.188. The Bertz CT molecular complexity index is 1470. The van der Waals surface area contributed by atoms with E-state index in [2.05, 4.69) is 17.6 Å². The topological polar surface area (TPSA) is 204 Å². The van der Waals surface area contributed by atoms with E-state index in [0.29, 0.717) is 23.6 Å². The van der Waals surface area contributed by atoms with Crippen molar-refractivity contribution in [1.29, 1.82) is 0 Å². The van der Waals surface area contributed by atoms with Crippen molar-refractivity contribution in [3.8, 4) is 17.2 Å². The number of hydrogen-bond acceptors (Lipinski definition) is 11. The van der Waals surface area contributed by atoms with Crippen LogP contribution in [-0.2, 0) is 23.9 Å². The van der Waals surface area contributed by atoms with Crippen LogP contribution in [0.3, 0.4) is 0 Å². The molecule has 0 spiro atoms. The van der Waals surface area contributed by atoms with Crippen molar-refractivity contribution in [2.45, 2.75) is 128 Å². The third-order valence-corrected chi connectivity index (χ3v) is 8.43. The van der Waals surface area contributed by atoms with Gasteiger partial charge in [-0.3, -0.25) is 9.59 Å². The van der Waals surface area contributed by atoms with Gasteiger partial charge in [0.1, 0.15) is 29.6 Å². The monoisotopic (exact) mass is 714 g/mol. The third kappa shape index (κ3) is 13.1. The average Bonchev–Trinajstić information content (AvgIpc) is 3.05. The first-order valence-corrected chi connectivity index (χ1v) is 17.5. The second kappa shape index (κ2) is 18.9. The number of aliphatic hydroxyl groups excluding tert-OH is 2. The van der Waals surface area contributed by atoms with Crippen molar-refractivity contribution in [1.82, 2.24) is 5.32 Å². The van der Waals surface area contributed by atoms with Crippen LogP contribution in [0.4, 0.5) is 5.69 Å². The van der Waals surface area contributed by atoms with Gasteiger partial charge in [0.15, 0.2) is 11.5 Å². The minimum Gasteiger partial charge on any atom is -0.504 e. The molecular weight excluding hydrogens is 660 g/mol. The molecule has 1 saturated carbocycles. The molecule has 1 aliphatic carbocycles. The first-order valence-electron chi connectivity index (χ1n) is 17.5. The minimum atomic E-state index is -2.34. The Kier molecular flexibility index (Phi) is 15.3. The van der Waals surface area contributed by atoms with Gasteiger partial charge in [0.2, 0.25) is 5.91 Å². The average molecular weight is 715 g/mol. The molecule has 2 amide bonds. The third-order valence-electron chi connectivity index (χ3n) is 8.43. The number of carbonyl (C=O) groups excluding carboxylic acids is 3. The molecule has 1 fully saturated rings. The van der Waals surface area contributed by atoms with Crippen molar-refractivity contribution >= 4 is 29.5 Å². The highest BCUT2D eigenvalue weighted by atomic mass is 16.6. The van der Waals surface area contributed by atoms with Crippen molar-refractivity contribution in [3.63, 3.8) is 0 Å². The number of nitrogens with one attached hydrogen (secondary N) is 2. The first-order chi connectivity index (χ1) is 24.0. The number of carbonyl (C=O) groups is 3. The van der Waals surface area contributed by atoms with Crippen LogP contribution in [0.5, 0.6) is 17.2 Å². The number of unbranched alkanes of at least 4 members (excludes halogenated alkanes) is 5. The second-order valence-electron chi connectivity index (χ2n) is 14.1. The number of esters is 1. The van der Waals surface area contributed by atoms with Gasteiger partial charge in [-0.2, -0.15) is 0 Å². The number of anilines is 1. The van der Waals surface area contributed by atoms with E-state index in [1.54, 1.807) is 52.0 Å². The van der Waals surface area contributed by atoms with Crippen molar-refractivity contribution in [2.75, 3.05) is 11.9 Å². The molecule has 0 saturated heterocycles. The lowest BCUT2D eigenvalue weighted by Gasteiger charge is -2.41. The van der Waals surface area contributed by atoms with Crippen LogP contribution in [0.25, 0.3) is 6.08 Å². The van der Waals surface area contributed by atoms with E-state index in [1.165, 1.54) is 50.0 Å². The highest BCUT2D eigenvalue weighted by molar-refractivity contribution is 5.99. The molecule has 7 N–H and O–H groups in total. The van der Waals surface area contributed by atoms with E-state index >= 15 is 0 Å². The van der Waals surface area contributed by atoms with Gasteiger partial charge in [0.05, 0.1) is 24.4 Å². The normalized spacial score (nSPS) is 21.8. The molecule has 0 aromatic heterocycles. The fraction of sp³-hybridized carbons (Fsp3) is 0.553. The Morgan fingerprint density at radius 3 is 2.27 bits per heavy atom. The highest BCUT2D eigenvalue weighted by Gasteiger charge is 2.51. The smallest absolute Gasteiger partial charge is 0.331 e. The number of phenolic OH excluding ortho intramolecular Hbond substituents is 2. The van der Waals surface area contributed by atoms with E-state index in [4.69, 9.17) is 14.2 Å². The number of aromatic hydroxyl groups is 2. The lowest BCUT2D eigenvalue weighted by atomic mass is 9.78. The number of aliphatic hydroxyl groups is 3. The molecule has 0 bridgehead atoms. The summed E-state index contributed by atoms with van der Waals surface area (Å²) in [4.78, 5) is 39.8. The summed E-state index contributed by atoms with van der Waals surface area (Å²) in [6.07, 6.45) is 2.33. The summed E-state index contributed by atoms with van der Waals surface area (Å²) in [6, 6.07) is 9.37. The molecule has 0 heterocycles. The zero-order valence-electron chi connectivity index (χ0n) is 30.1. The summed E-state index contributed by atoms with van der Waals surface area (Å²) in [7, 11) is 0. The fourth-order valence-electron chi connectivity index (χ4n) is 5.77.